The Balaban J connectivity index is 1.74. The van der Waals surface area contributed by atoms with Crippen LogP contribution in [0.15, 0.2) is 109 Å². The summed E-state index contributed by atoms with van der Waals surface area (Å²) in [5, 5.41) is 3.22. The number of fused-ring (bicyclic) bond motifs is 1. The van der Waals surface area contributed by atoms with Gasteiger partial charge in [-0.1, -0.05) is 78.9 Å². The van der Waals surface area contributed by atoms with Crippen molar-refractivity contribution in [2.75, 3.05) is 20.3 Å². The average Bonchev–Trinajstić information content (AvgIpc) is 2.99. The summed E-state index contributed by atoms with van der Waals surface area (Å²) in [6, 6.07) is 30.8. The molecule has 1 aliphatic heterocycles. The Morgan fingerprint density at radius 1 is 0.897 bits per heavy atom. The van der Waals surface area contributed by atoms with Crippen LogP contribution in [-0.4, -0.2) is 42.0 Å². The summed E-state index contributed by atoms with van der Waals surface area (Å²) in [7, 11) is 1.66. The molecule has 1 N–H and O–H groups in total. The van der Waals surface area contributed by atoms with Gasteiger partial charge in [-0.3, -0.25) is 14.6 Å². The number of benzene rings is 3. The Hall–Kier alpha value is -4.29. The Bertz CT molecular complexity index is 1400. The van der Waals surface area contributed by atoms with Crippen LogP contribution in [0.4, 0.5) is 0 Å². The second-order valence-corrected chi connectivity index (χ2v) is 9.88. The average molecular weight is 520 g/mol. The Labute approximate surface area is 229 Å². The van der Waals surface area contributed by atoms with E-state index in [9.17, 15) is 9.59 Å². The third-order valence-corrected chi connectivity index (χ3v) is 7.44. The van der Waals surface area contributed by atoms with Gasteiger partial charge in [-0.2, -0.15) is 0 Å². The van der Waals surface area contributed by atoms with Gasteiger partial charge in [0.15, 0.2) is 0 Å². The monoisotopic (exact) mass is 519 g/mol. The molecule has 39 heavy (non-hydrogen) atoms. The fraction of sp³-hybridized carbons (Fsp3) is 0.242. The molecule has 2 heterocycles. The zero-order valence-electron chi connectivity index (χ0n) is 22.1. The molecule has 1 unspecified atom stereocenters. The highest BCUT2D eigenvalue weighted by Crippen LogP contribution is 2.50. The number of hydrogen-bond donors (Lipinski definition) is 1. The fourth-order valence-electron chi connectivity index (χ4n) is 5.71. The highest BCUT2D eigenvalue weighted by Gasteiger charge is 2.56. The van der Waals surface area contributed by atoms with Crippen molar-refractivity contribution in [1.29, 1.82) is 0 Å². The summed E-state index contributed by atoms with van der Waals surface area (Å²) in [5.74, 6) is -0.200. The second kappa shape index (κ2) is 12.0. The molecule has 1 aromatic heterocycles. The van der Waals surface area contributed by atoms with Gasteiger partial charge in [-0.05, 0) is 53.3 Å². The van der Waals surface area contributed by atoms with Crippen LogP contribution in [0.1, 0.15) is 45.1 Å². The number of amides is 2. The number of nitrogens with one attached hydrogen (secondary N) is 1. The Morgan fingerprint density at radius 3 is 2.23 bits per heavy atom. The van der Waals surface area contributed by atoms with Crippen molar-refractivity contribution in [1.82, 2.24) is 15.2 Å². The van der Waals surface area contributed by atoms with E-state index in [0.29, 0.717) is 38.1 Å². The first-order valence-electron chi connectivity index (χ1n) is 13.3. The molecule has 0 bridgehead atoms. The molecule has 3 aromatic carbocycles. The van der Waals surface area contributed by atoms with Gasteiger partial charge in [0.1, 0.15) is 5.41 Å². The van der Waals surface area contributed by atoms with E-state index < -0.39 is 11.5 Å². The van der Waals surface area contributed by atoms with Crippen molar-refractivity contribution in [3.8, 4) is 0 Å². The van der Waals surface area contributed by atoms with Crippen molar-refractivity contribution >= 4 is 11.8 Å². The molecule has 4 aromatic rings. The van der Waals surface area contributed by atoms with Crippen LogP contribution in [0.3, 0.4) is 0 Å². The largest absolute Gasteiger partial charge is 0.385 e. The molecule has 6 heteroatoms. The lowest BCUT2D eigenvalue weighted by Gasteiger charge is -2.50. The highest BCUT2D eigenvalue weighted by atomic mass is 16.5. The summed E-state index contributed by atoms with van der Waals surface area (Å²) in [4.78, 5) is 35.0. The fourth-order valence-corrected chi connectivity index (χ4v) is 5.71. The molecule has 0 saturated heterocycles. The number of pyridine rings is 1. The molecular weight excluding hydrogens is 486 g/mol. The zero-order valence-corrected chi connectivity index (χ0v) is 22.1. The molecule has 1 aliphatic rings. The molecule has 2 atom stereocenters. The molecule has 0 saturated carbocycles. The molecule has 0 aliphatic carbocycles. The number of methoxy groups -OCH3 is 1. The van der Waals surface area contributed by atoms with Gasteiger partial charge in [0.25, 0.3) is 5.91 Å². The predicted octanol–water partition coefficient (Wildman–Crippen LogP) is 5.11. The Kier molecular flexibility index (Phi) is 8.13. The van der Waals surface area contributed by atoms with Gasteiger partial charge in [0.2, 0.25) is 5.91 Å². The van der Waals surface area contributed by atoms with Crippen LogP contribution in [0.5, 0.6) is 0 Å². The van der Waals surface area contributed by atoms with Crippen LogP contribution in [-0.2, 0) is 27.9 Å². The first-order chi connectivity index (χ1) is 19.1. The van der Waals surface area contributed by atoms with Crippen molar-refractivity contribution in [2.45, 2.75) is 30.8 Å². The standard InChI is InChI=1S/C33H33N3O3/c1-39-22-10-19-35-32(38)33(23-25-11-4-2-5-12-25)29-16-9-8-15-28(29)31(37)36(24-26-13-6-3-7-14-26)30(33)27-17-20-34-21-18-27/h2-9,11-18,20-21,30H,10,19,22-24H2,1H3,(H,35,38)/t30?,33-/m0/s1. The van der Waals surface area contributed by atoms with Crippen LogP contribution in [0.25, 0.3) is 0 Å². The van der Waals surface area contributed by atoms with Gasteiger partial charge in [-0.25, -0.2) is 0 Å². The third kappa shape index (κ3) is 5.33. The lowest BCUT2D eigenvalue weighted by Crippen LogP contribution is -2.59. The van der Waals surface area contributed by atoms with Crippen LogP contribution < -0.4 is 5.32 Å². The van der Waals surface area contributed by atoms with Gasteiger partial charge in [0.05, 0.1) is 6.04 Å². The van der Waals surface area contributed by atoms with E-state index in [1.807, 2.05) is 102 Å². The summed E-state index contributed by atoms with van der Waals surface area (Å²) < 4.78 is 5.22. The predicted molar refractivity (Wildman–Crippen MR) is 151 cm³/mol. The number of rotatable bonds is 10. The van der Waals surface area contributed by atoms with Crippen LogP contribution >= 0.6 is 0 Å². The second-order valence-electron chi connectivity index (χ2n) is 9.88. The highest BCUT2D eigenvalue weighted by molar-refractivity contribution is 6.03. The first kappa shape index (κ1) is 26.3. The molecule has 0 fully saturated rings. The molecule has 198 valence electrons. The molecule has 5 rings (SSSR count). The van der Waals surface area contributed by atoms with Crippen molar-refractivity contribution in [3.05, 3.63) is 137 Å². The number of aromatic nitrogens is 1. The van der Waals surface area contributed by atoms with E-state index in [2.05, 4.69) is 10.3 Å². The number of carbonyl (C=O) groups is 2. The SMILES string of the molecule is COCCCNC(=O)[C@@]1(Cc2ccccc2)c2ccccc2C(=O)N(Cc2ccccc2)C1c1ccncc1. The minimum atomic E-state index is -1.09. The molecule has 6 nitrogen and oxygen atoms in total. The van der Waals surface area contributed by atoms with Gasteiger partial charge < -0.3 is 15.0 Å². The molecule has 2 amide bonds. The topological polar surface area (TPSA) is 71.5 Å². The van der Waals surface area contributed by atoms with Gasteiger partial charge in [0, 0.05) is 44.8 Å². The molecule has 0 radical (unpaired) electrons. The van der Waals surface area contributed by atoms with E-state index >= 15 is 0 Å². The van der Waals surface area contributed by atoms with Crippen LogP contribution in [0, 0.1) is 0 Å². The van der Waals surface area contributed by atoms with E-state index in [4.69, 9.17) is 4.74 Å². The zero-order chi connectivity index (χ0) is 27.1. The summed E-state index contributed by atoms with van der Waals surface area (Å²) in [6.07, 6.45) is 4.57. The minimum Gasteiger partial charge on any atom is -0.385 e. The lowest BCUT2D eigenvalue weighted by molar-refractivity contribution is -0.130. The minimum absolute atomic E-state index is 0.0906. The van der Waals surface area contributed by atoms with E-state index in [-0.39, 0.29) is 11.8 Å². The third-order valence-electron chi connectivity index (χ3n) is 7.44. The van der Waals surface area contributed by atoms with Crippen molar-refractivity contribution in [3.63, 3.8) is 0 Å². The first-order valence-corrected chi connectivity index (χ1v) is 13.3. The summed E-state index contributed by atoms with van der Waals surface area (Å²) in [5.41, 5.74) is 3.10. The Morgan fingerprint density at radius 2 is 1.54 bits per heavy atom. The lowest BCUT2D eigenvalue weighted by atomic mass is 9.63. The summed E-state index contributed by atoms with van der Waals surface area (Å²) in [6.45, 7) is 1.39. The number of ether oxygens (including phenoxy) is 1. The molecule has 0 spiro atoms. The summed E-state index contributed by atoms with van der Waals surface area (Å²) >= 11 is 0. The smallest absolute Gasteiger partial charge is 0.255 e. The normalized spacial score (nSPS) is 18.4. The van der Waals surface area contributed by atoms with E-state index in [1.165, 1.54) is 0 Å². The van der Waals surface area contributed by atoms with E-state index in [0.717, 1.165) is 22.3 Å². The maximum atomic E-state index is 14.6. The maximum Gasteiger partial charge on any atom is 0.255 e. The quantitative estimate of drug-likeness (QED) is 0.296. The molecular formula is C33H33N3O3. The van der Waals surface area contributed by atoms with Crippen LogP contribution in [0.2, 0.25) is 0 Å². The number of carbonyl (C=O) groups excluding carboxylic acids is 2. The van der Waals surface area contributed by atoms with Crippen molar-refractivity contribution < 1.29 is 14.3 Å². The van der Waals surface area contributed by atoms with Gasteiger partial charge in [-0.15, -0.1) is 0 Å². The van der Waals surface area contributed by atoms with E-state index in [1.54, 1.807) is 19.5 Å². The van der Waals surface area contributed by atoms with Crippen molar-refractivity contribution in [2.24, 2.45) is 0 Å². The maximum absolute atomic E-state index is 14.6. The van der Waals surface area contributed by atoms with Gasteiger partial charge >= 0.3 is 0 Å². The number of nitrogens with zero attached hydrogens (tertiary/aromatic N) is 2. The number of hydrogen-bond acceptors (Lipinski definition) is 4.